The van der Waals surface area contributed by atoms with Crippen molar-refractivity contribution in [3.63, 3.8) is 0 Å². The molecule has 0 aromatic heterocycles. The number of ketones is 1. The minimum absolute atomic E-state index is 0.000826. The van der Waals surface area contributed by atoms with E-state index in [1.54, 1.807) is 18.7 Å². The Hall–Kier alpha value is -1.39. The maximum absolute atomic E-state index is 11.6. The Labute approximate surface area is 115 Å². The van der Waals surface area contributed by atoms with E-state index in [1.807, 2.05) is 6.92 Å². The molecule has 0 radical (unpaired) electrons. The van der Waals surface area contributed by atoms with Crippen molar-refractivity contribution < 1.29 is 14.4 Å². The fourth-order valence-electron chi connectivity index (χ4n) is 1.73. The summed E-state index contributed by atoms with van der Waals surface area (Å²) in [5, 5.41) is 2.80. The third kappa shape index (κ3) is 9.22. The highest BCUT2D eigenvalue weighted by molar-refractivity contribution is 5.84. The van der Waals surface area contributed by atoms with E-state index in [4.69, 9.17) is 0 Å². The molecular weight excluding hydrogens is 244 g/mol. The van der Waals surface area contributed by atoms with Crippen molar-refractivity contribution in [3.05, 3.63) is 0 Å². The van der Waals surface area contributed by atoms with E-state index in [1.165, 1.54) is 0 Å². The molecular formula is C14H26N2O3. The van der Waals surface area contributed by atoms with E-state index in [0.29, 0.717) is 25.9 Å². The van der Waals surface area contributed by atoms with Crippen LogP contribution in [0.15, 0.2) is 0 Å². The van der Waals surface area contributed by atoms with Gasteiger partial charge in [0, 0.05) is 25.9 Å². The van der Waals surface area contributed by atoms with Gasteiger partial charge in [0.2, 0.25) is 11.8 Å². The fourth-order valence-corrected chi connectivity index (χ4v) is 1.73. The molecule has 0 aromatic rings. The average molecular weight is 270 g/mol. The van der Waals surface area contributed by atoms with Gasteiger partial charge in [-0.05, 0) is 26.7 Å². The fraction of sp³-hybridized carbons (Fsp3) is 0.786. The Balaban J connectivity index is 3.68. The van der Waals surface area contributed by atoms with Gasteiger partial charge in [-0.1, -0.05) is 13.3 Å². The predicted octanol–water partition coefficient (Wildman–Crippen LogP) is 1.51. The molecule has 19 heavy (non-hydrogen) atoms. The van der Waals surface area contributed by atoms with Crippen LogP contribution in [0, 0.1) is 0 Å². The first-order valence-corrected chi connectivity index (χ1v) is 7.05. The van der Waals surface area contributed by atoms with E-state index < -0.39 is 0 Å². The molecule has 1 N–H and O–H groups in total. The van der Waals surface area contributed by atoms with Crippen LogP contribution in [-0.2, 0) is 14.4 Å². The molecule has 0 saturated carbocycles. The molecule has 0 spiro atoms. The van der Waals surface area contributed by atoms with Gasteiger partial charge < -0.3 is 15.0 Å². The number of likely N-dealkylation sites (N-methyl/N-ethyl adjacent to an activating group) is 1. The zero-order valence-electron chi connectivity index (χ0n) is 12.3. The summed E-state index contributed by atoms with van der Waals surface area (Å²) >= 11 is 0. The molecule has 5 nitrogen and oxygen atoms in total. The Bertz CT molecular complexity index is 303. The van der Waals surface area contributed by atoms with Crippen molar-refractivity contribution in [2.75, 3.05) is 19.6 Å². The second-order valence-electron chi connectivity index (χ2n) is 4.62. The molecule has 0 bridgehead atoms. The van der Waals surface area contributed by atoms with Gasteiger partial charge >= 0.3 is 0 Å². The lowest BCUT2D eigenvalue weighted by molar-refractivity contribution is -0.135. The number of Topliss-reactive ketones (excluding diaryl/α,β-unsaturated/α-hetero) is 1. The number of rotatable bonds is 10. The average Bonchev–Trinajstić information content (AvgIpc) is 2.38. The first-order valence-electron chi connectivity index (χ1n) is 7.05. The quantitative estimate of drug-likeness (QED) is 0.612. The Morgan fingerprint density at radius 2 is 1.74 bits per heavy atom. The van der Waals surface area contributed by atoms with Gasteiger partial charge in [0.15, 0.2) is 0 Å². The standard InChI is InChI=1S/C14H26N2O3/c1-4-14(19)16(5-2)11-13(18)15-10-8-6-7-9-12(3)17/h4-11H2,1-3H3,(H,15,18). The van der Waals surface area contributed by atoms with E-state index in [9.17, 15) is 14.4 Å². The lowest BCUT2D eigenvalue weighted by Crippen LogP contribution is -2.40. The van der Waals surface area contributed by atoms with Crippen molar-refractivity contribution in [1.82, 2.24) is 10.2 Å². The lowest BCUT2D eigenvalue weighted by Gasteiger charge is -2.19. The van der Waals surface area contributed by atoms with Crippen LogP contribution in [0.2, 0.25) is 0 Å². The summed E-state index contributed by atoms with van der Waals surface area (Å²) in [4.78, 5) is 35.4. The van der Waals surface area contributed by atoms with Gasteiger partial charge in [0.25, 0.3) is 0 Å². The number of hydrogen-bond acceptors (Lipinski definition) is 3. The molecule has 0 aliphatic rings. The number of amides is 2. The van der Waals surface area contributed by atoms with Crippen LogP contribution in [0.4, 0.5) is 0 Å². The topological polar surface area (TPSA) is 66.5 Å². The van der Waals surface area contributed by atoms with Gasteiger partial charge in [-0.25, -0.2) is 0 Å². The van der Waals surface area contributed by atoms with Crippen LogP contribution >= 0.6 is 0 Å². The first-order chi connectivity index (χ1) is 9.01. The number of hydrogen-bond donors (Lipinski definition) is 1. The molecule has 0 atom stereocenters. The molecule has 0 heterocycles. The normalized spacial score (nSPS) is 10.1. The predicted molar refractivity (Wildman–Crippen MR) is 74.7 cm³/mol. The van der Waals surface area contributed by atoms with E-state index in [2.05, 4.69) is 5.32 Å². The Morgan fingerprint density at radius 1 is 1.05 bits per heavy atom. The summed E-state index contributed by atoms with van der Waals surface area (Å²) < 4.78 is 0. The summed E-state index contributed by atoms with van der Waals surface area (Å²) in [7, 11) is 0. The molecule has 0 rings (SSSR count). The largest absolute Gasteiger partial charge is 0.355 e. The molecule has 110 valence electrons. The van der Waals surface area contributed by atoms with Crippen LogP contribution in [0.5, 0.6) is 0 Å². The molecule has 0 unspecified atom stereocenters. The van der Waals surface area contributed by atoms with Gasteiger partial charge in [0.1, 0.15) is 5.78 Å². The van der Waals surface area contributed by atoms with Crippen molar-refractivity contribution in [2.45, 2.75) is 52.9 Å². The van der Waals surface area contributed by atoms with E-state index in [0.717, 1.165) is 19.3 Å². The molecule has 2 amide bonds. The maximum Gasteiger partial charge on any atom is 0.239 e. The molecule has 0 aliphatic carbocycles. The zero-order valence-corrected chi connectivity index (χ0v) is 12.3. The summed E-state index contributed by atoms with van der Waals surface area (Å²) in [5.41, 5.74) is 0. The highest BCUT2D eigenvalue weighted by Gasteiger charge is 2.12. The van der Waals surface area contributed by atoms with Gasteiger partial charge in [0.05, 0.1) is 6.54 Å². The third-order valence-corrected chi connectivity index (χ3v) is 2.90. The van der Waals surface area contributed by atoms with E-state index >= 15 is 0 Å². The first kappa shape index (κ1) is 17.6. The minimum Gasteiger partial charge on any atom is -0.355 e. The van der Waals surface area contributed by atoms with Crippen molar-refractivity contribution in [1.29, 1.82) is 0 Å². The number of carbonyl (C=O) groups is 3. The van der Waals surface area contributed by atoms with Crippen LogP contribution in [0.1, 0.15) is 52.9 Å². The van der Waals surface area contributed by atoms with Crippen LogP contribution in [0.3, 0.4) is 0 Å². The zero-order chi connectivity index (χ0) is 14.7. The van der Waals surface area contributed by atoms with Crippen molar-refractivity contribution in [2.24, 2.45) is 0 Å². The second-order valence-corrected chi connectivity index (χ2v) is 4.62. The van der Waals surface area contributed by atoms with Crippen molar-refractivity contribution in [3.8, 4) is 0 Å². The highest BCUT2D eigenvalue weighted by atomic mass is 16.2. The number of unbranched alkanes of at least 4 members (excludes halogenated alkanes) is 2. The highest BCUT2D eigenvalue weighted by Crippen LogP contribution is 1.99. The number of nitrogens with zero attached hydrogens (tertiary/aromatic N) is 1. The molecule has 0 saturated heterocycles. The molecule has 0 aliphatic heterocycles. The molecule has 5 heteroatoms. The summed E-state index contributed by atoms with van der Waals surface area (Å²) in [6, 6.07) is 0. The van der Waals surface area contributed by atoms with Gasteiger partial charge in [-0.2, -0.15) is 0 Å². The van der Waals surface area contributed by atoms with E-state index in [-0.39, 0.29) is 24.1 Å². The van der Waals surface area contributed by atoms with Crippen LogP contribution < -0.4 is 5.32 Å². The van der Waals surface area contributed by atoms with Gasteiger partial charge in [-0.15, -0.1) is 0 Å². The maximum atomic E-state index is 11.6. The smallest absolute Gasteiger partial charge is 0.239 e. The Kier molecular flexibility index (Phi) is 9.75. The number of nitrogens with one attached hydrogen (secondary N) is 1. The Morgan fingerprint density at radius 3 is 2.26 bits per heavy atom. The third-order valence-electron chi connectivity index (χ3n) is 2.90. The number of carbonyl (C=O) groups excluding carboxylic acids is 3. The molecule has 0 fully saturated rings. The lowest BCUT2D eigenvalue weighted by atomic mass is 10.1. The van der Waals surface area contributed by atoms with Crippen LogP contribution in [0.25, 0.3) is 0 Å². The summed E-state index contributed by atoms with van der Waals surface area (Å²) in [5.74, 6) is 0.0926. The summed E-state index contributed by atoms with van der Waals surface area (Å²) in [6.45, 7) is 6.54. The monoisotopic (exact) mass is 270 g/mol. The molecule has 0 aromatic carbocycles. The SMILES string of the molecule is CCC(=O)N(CC)CC(=O)NCCCCCC(C)=O. The van der Waals surface area contributed by atoms with Crippen LogP contribution in [-0.4, -0.2) is 42.1 Å². The summed E-state index contributed by atoms with van der Waals surface area (Å²) in [6.07, 6.45) is 3.72. The second kappa shape index (κ2) is 10.5. The van der Waals surface area contributed by atoms with Crippen molar-refractivity contribution >= 4 is 17.6 Å². The minimum atomic E-state index is -0.116. The van der Waals surface area contributed by atoms with Gasteiger partial charge in [-0.3, -0.25) is 9.59 Å².